The number of hydrogen-bond acceptors (Lipinski definition) is 4. The minimum Gasteiger partial charge on any atom is -0.465 e. The summed E-state index contributed by atoms with van der Waals surface area (Å²) in [6.45, 7) is 5.98. The number of methoxy groups -OCH3 is 1. The lowest BCUT2D eigenvalue weighted by Crippen LogP contribution is -2.22. The molecule has 0 amide bonds. The molecule has 7 heteroatoms. The number of furan rings is 1. The number of halogens is 1. The van der Waals surface area contributed by atoms with Gasteiger partial charge in [0.15, 0.2) is 5.96 Å². The van der Waals surface area contributed by atoms with E-state index in [1.54, 1.807) is 13.0 Å². The van der Waals surface area contributed by atoms with Crippen LogP contribution >= 0.6 is 24.0 Å². The summed E-state index contributed by atoms with van der Waals surface area (Å²) in [6.07, 6.45) is 0. The Morgan fingerprint density at radius 2 is 1.83 bits per heavy atom. The summed E-state index contributed by atoms with van der Waals surface area (Å²) in [4.78, 5) is 15.8. The second-order valence-corrected chi connectivity index (χ2v) is 5.38. The number of esters is 1. The molecule has 0 aliphatic rings. The molecule has 0 saturated heterocycles. The smallest absolute Gasteiger partial charge is 0.341 e. The van der Waals surface area contributed by atoms with Crippen molar-refractivity contribution in [3.05, 3.63) is 52.5 Å². The standard InChI is InChI=1S/C17H21N3O3.HI/c1-10-5-11(2)7-13(6-10)20-17(18)19-9-14-8-15(12(3)23-14)16(21)22-4;/h5-8H,9H2,1-4H3,(H3,18,19,20);1H. The van der Waals surface area contributed by atoms with E-state index in [0.29, 0.717) is 17.1 Å². The molecule has 0 atom stereocenters. The minimum absolute atomic E-state index is 0. The fourth-order valence-electron chi connectivity index (χ4n) is 2.33. The molecule has 0 bridgehead atoms. The van der Waals surface area contributed by atoms with Crippen LogP contribution in [-0.2, 0) is 11.3 Å². The number of guanidine groups is 1. The highest BCUT2D eigenvalue weighted by atomic mass is 127. The van der Waals surface area contributed by atoms with Crippen LogP contribution in [0.15, 0.2) is 33.7 Å². The number of aliphatic imine (C=N–C) groups is 1. The Morgan fingerprint density at radius 3 is 2.42 bits per heavy atom. The van der Waals surface area contributed by atoms with E-state index in [4.69, 9.17) is 10.2 Å². The monoisotopic (exact) mass is 443 g/mol. The van der Waals surface area contributed by atoms with Crippen LogP contribution in [0.25, 0.3) is 0 Å². The van der Waals surface area contributed by atoms with Crippen molar-refractivity contribution in [1.29, 1.82) is 0 Å². The number of nitrogens with two attached hydrogens (primary N) is 1. The van der Waals surface area contributed by atoms with Crippen LogP contribution < -0.4 is 11.1 Å². The molecule has 0 unspecified atom stereocenters. The van der Waals surface area contributed by atoms with Crippen molar-refractivity contribution >= 4 is 41.6 Å². The van der Waals surface area contributed by atoms with Crippen molar-refractivity contribution in [3.63, 3.8) is 0 Å². The third-order valence-corrected chi connectivity index (χ3v) is 3.27. The molecule has 0 radical (unpaired) electrons. The number of nitrogens with one attached hydrogen (secondary N) is 1. The molecule has 0 spiro atoms. The second kappa shape index (κ2) is 8.72. The number of carbonyl (C=O) groups is 1. The molecular formula is C17H22IN3O3. The summed E-state index contributed by atoms with van der Waals surface area (Å²) in [5, 5.41) is 3.04. The topological polar surface area (TPSA) is 89.8 Å². The van der Waals surface area contributed by atoms with E-state index in [-0.39, 0.29) is 36.5 Å². The molecule has 1 heterocycles. The summed E-state index contributed by atoms with van der Waals surface area (Å²) < 4.78 is 10.2. The summed E-state index contributed by atoms with van der Waals surface area (Å²) in [6, 6.07) is 7.68. The first kappa shape index (κ1) is 20.0. The van der Waals surface area contributed by atoms with Crippen molar-refractivity contribution in [2.24, 2.45) is 10.7 Å². The van der Waals surface area contributed by atoms with Crippen molar-refractivity contribution in [3.8, 4) is 0 Å². The fourth-order valence-corrected chi connectivity index (χ4v) is 2.33. The first-order valence-electron chi connectivity index (χ1n) is 7.22. The molecule has 0 fully saturated rings. The molecule has 2 rings (SSSR count). The zero-order valence-corrected chi connectivity index (χ0v) is 16.5. The maximum atomic E-state index is 11.5. The molecule has 130 valence electrons. The van der Waals surface area contributed by atoms with E-state index in [2.05, 4.69) is 21.1 Å². The van der Waals surface area contributed by atoms with Crippen LogP contribution in [0.3, 0.4) is 0 Å². The summed E-state index contributed by atoms with van der Waals surface area (Å²) in [7, 11) is 1.33. The number of nitrogens with zero attached hydrogens (tertiary/aromatic N) is 1. The Balaban J connectivity index is 0.00000288. The Kier molecular flexibility index (Phi) is 7.27. The highest BCUT2D eigenvalue weighted by Crippen LogP contribution is 2.17. The molecule has 0 saturated carbocycles. The SMILES string of the molecule is COC(=O)c1cc(CN=C(N)Nc2cc(C)cc(C)c2)oc1C.I. The van der Waals surface area contributed by atoms with Crippen LogP contribution in [0.5, 0.6) is 0 Å². The molecule has 24 heavy (non-hydrogen) atoms. The Hall–Kier alpha value is -2.03. The first-order valence-corrected chi connectivity index (χ1v) is 7.22. The lowest BCUT2D eigenvalue weighted by atomic mass is 10.1. The number of benzene rings is 1. The van der Waals surface area contributed by atoms with Crippen LogP contribution in [0.2, 0.25) is 0 Å². The van der Waals surface area contributed by atoms with Gasteiger partial charge in [-0.15, -0.1) is 24.0 Å². The predicted octanol–water partition coefficient (Wildman–Crippen LogP) is 3.54. The lowest BCUT2D eigenvalue weighted by molar-refractivity contribution is 0.0599. The lowest BCUT2D eigenvalue weighted by Gasteiger charge is -2.07. The average molecular weight is 443 g/mol. The molecule has 1 aromatic heterocycles. The van der Waals surface area contributed by atoms with Gasteiger partial charge < -0.3 is 20.2 Å². The molecule has 2 aromatic rings. The summed E-state index contributed by atoms with van der Waals surface area (Å²) in [5.41, 5.74) is 9.46. The number of aryl methyl sites for hydroxylation is 3. The zero-order valence-electron chi connectivity index (χ0n) is 14.2. The van der Waals surface area contributed by atoms with Crippen molar-refractivity contribution in [2.75, 3.05) is 12.4 Å². The zero-order chi connectivity index (χ0) is 17.0. The van der Waals surface area contributed by atoms with Crippen molar-refractivity contribution in [2.45, 2.75) is 27.3 Å². The van der Waals surface area contributed by atoms with Gasteiger partial charge in [-0.2, -0.15) is 0 Å². The summed E-state index contributed by atoms with van der Waals surface area (Å²) >= 11 is 0. The number of ether oxygens (including phenoxy) is 1. The third-order valence-electron chi connectivity index (χ3n) is 3.27. The summed E-state index contributed by atoms with van der Waals surface area (Å²) in [5.74, 6) is 0.905. The van der Waals surface area contributed by atoms with Crippen LogP contribution in [0, 0.1) is 20.8 Å². The largest absolute Gasteiger partial charge is 0.465 e. The van der Waals surface area contributed by atoms with Gasteiger partial charge in [-0.1, -0.05) is 6.07 Å². The van der Waals surface area contributed by atoms with E-state index in [0.717, 1.165) is 16.8 Å². The van der Waals surface area contributed by atoms with Crippen LogP contribution in [0.4, 0.5) is 5.69 Å². The predicted molar refractivity (Wildman–Crippen MR) is 105 cm³/mol. The number of hydrogen-bond donors (Lipinski definition) is 2. The molecular weight excluding hydrogens is 421 g/mol. The molecule has 6 nitrogen and oxygen atoms in total. The molecule has 0 aliphatic heterocycles. The van der Waals surface area contributed by atoms with Crippen molar-refractivity contribution < 1.29 is 13.9 Å². The maximum absolute atomic E-state index is 11.5. The molecule has 1 aromatic carbocycles. The third kappa shape index (κ3) is 5.26. The normalized spacial score (nSPS) is 10.9. The van der Waals surface area contributed by atoms with Crippen LogP contribution in [0.1, 0.15) is 33.0 Å². The van der Waals surface area contributed by atoms with Gasteiger partial charge >= 0.3 is 5.97 Å². The second-order valence-electron chi connectivity index (χ2n) is 5.38. The number of carbonyl (C=O) groups excluding carboxylic acids is 1. The average Bonchev–Trinajstić information content (AvgIpc) is 2.84. The van der Waals surface area contributed by atoms with Gasteiger partial charge in [-0.05, 0) is 50.1 Å². The first-order chi connectivity index (χ1) is 10.9. The van der Waals surface area contributed by atoms with E-state index in [1.807, 2.05) is 26.0 Å². The quantitative estimate of drug-likeness (QED) is 0.327. The van der Waals surface area contributed by atoms with E-state index in [1.165, 1.54) is 7.11 Å². The van der Waals surface area contributed by atoms with Gasteiger partial charge in [0.1, 0.15) is 23.6 Å². The van der Waals surface area contributed by atoms with E-state index < -0.39 is 5.97 Å². The minimum atomic E-state index is -0.428. The van der Waals surface area contributed by atoms with Crippen molar-refractivity contribution in [1.82, 2.24) is 0 Å². The van der Waals surface area contributed by atoms with Gasteiger partial charge in [-0.25, -0.2) is 9.79 Å². The number of rotatable bonds is 4. The molecule has 0 aliphatic carbocycles. The Morgan fingerprint density at radius 1 is 1.21 bits per heavy atom. The van der Waals surface area contributed by atoms with Gasteiger partial charge in [0, 0.05) is 5.69 Å². The van der Waals surface area contributed by atoms with Gasteiger partial charge in [-0.3, -0.25) is 0 Å². The fraction of sp³-hybridized carbons (Fsp3) is 0.294. The Labute approximate surface area is 158 Å². The highest BCUT2D eigenvalue weighted by molar-refractivity contribution is 14.0. The highest BCUT2D eigenvalue weighted by Gasteiger charge is 2.14. The van der Waals surface area contributed by atoms with E-state index in [9.17, 15) is 4.79 Å². The van der Waals surface area contributed by atoms with Gasteiger partial charge in [0.05, 0.1) is 7.11 Å². The van der Waals surface area contributed by atoms with Crippen LogP contribution in [-0.4, -0.2) is 19.0 Å². The molecule has 3 N–H and O–H groups in total. The Bertz CT molecular complexity index is 733. The van der Waals surface area contributed by atoms with Gasteiger partial charge in [0.2, 0.25) is 0 Å². The number of anilines is 1. The van der Waals surface area contributed by atoms with Gasteiger partial charge in [0.25, 0.3) is 0 Å². The van der Waals surface area contributed by atoms with E-state index >= 15 is 0 Å². The maximum Gasteiger partial charge on any atom is 0.341 e.